The average Bonchev–Trinajstić information content (AvgIpc) is 3.20. The molecule has 4 rings (SSSR count). The summed E-state index contributed by atoms with van der Waals surface area (Å²) in [4.78, 5) is 12.6. The first-order valence-corrected chi connectivity index (χ1v) is 8.63. The fourth-order valence-corrected chi connectivity index (χ4v) is 3.24. The Morgan fingerprint density at radius 1 is 1.00 bits per heavy atom. The molecule has 0 spiro atoms. The number of aromatic nitrogens is 4. The van der Waals surface area contributed by atoms with Gasteiger partial charge in [0.1, 0.15) is 5.82 Å². The van der Waals surface area contributed by atoms with Crippen LogP contribution in [0.1, 0.15) is 5.56 Å². The molecule has 2 aromatic carbocycles. The Hall–Kier alpha value is -3.81. The first-order chi connectivity index (χ1) is 13.6. The molecule has 28 heavy (non-hydrogen) atoms. The van der Waals surface area contributed by atoms with E-state index in [1.807, 2.05) is 41.1 Å². The lowest BCUT2D eigenvalue weighted by molar-refractivity contribution is 0.355. The summed E-state index contributed by atoms with van der Waals surface area (Å²) in [6.07, 6.45) is 5.42. The van der Waals surface area contributed by atoms with Gasteiger partial charge in [-0.2, -0.15) is 4.98 Å². The lowest BCUT2D eigenvalue weighted by Crippen LogP contribution is -2.04. The van der Waals surface area contributed by atoms with E-state index in [4.69, 9.17) is 20.9 Å². The van der Waals surface area contributed by atoms with Gasteiger partial charge in [-0.05, 0) is 41.0 Å². The monoisotopic (exact) mass is 376 g/mol. The molecule has 0 unspecified atom stereocenters. The summed E-state index contributed by atoms with van der Waals surface area (Å²) in [7, 11) is 3.23. The second-order valence-electron chi connectivity index (χ2n) is 6.30. The van der Waals surface area contributed by atoms with Crippen molar-refractivity contribution in [2.24, 2.45) is 0 Å². The zero-order chi connectivity index (χ0) is 19.7. The number of ether oxygens (including phenoxy) is 2. The zero-order valence-corrected chi connectivity index (χ0v) is 15.6. The Morgan fingerprint density at radius 2 is 1.82 bits per heavy atom. The Labute approximate surface area is 161 Å². The predicted molar refractivity (Wildman–Crippen MR) is 108 cm³/mol. The van der Waals surface area contributed by atoms with E-state index in [1.165, 1.54) is 0 Å². The summed E-state index contributed by atoms with van der Waals surface area (Å²) in [6.45, 7) is 0.615. The molecule has 0 aliphatic carbocycles. The van der Waals surface area contributed by atoms with Gasteiger partial charge in [0.25, 0.3) is 0 Å². The third kappa shape index (κ3) is 3.16. The van der Waals surface area contributed by atoms with Crippen molar-refractivity contribution in [3.8, 4) is 22.6 Å². The molecule has 0 radical (unpaired) electrons. The quantitative estimate of drug-likeness (QED) is 0.550. The van der Waals surface area contributed by atoms with Crippen LogP contribution in [-0.4, -0.2) is 33.7 Å². The van der Waals surface area contributed by atoms with Crippen molar-refractivity contribution in [2.45, 2.75) is 6.54 Å². The molecule has 0 fully saturated rings. The van der Waals surface area contributed by atoms with Crippen LogP contribution >= 0.6 is 0 Å². The molecule has 8 heteroatoms. The Bertz CT molecular complexity index is 1140. The van der Waals surface area contributed by atoms with E-state index in [-0.39, 0.29) is 5.95 Å². The number of nitrogens with zero attached hydrogens (tertiary/aromatic N) is 4. The van der Waals surface area contributed by atoms with E-state index in [0.29, 0.717) is 29.4 Å². The van der Waals surface area contributed by atoms with Gasteiger partial charge in [-0.15, -0.1) is 0 Å². The van der Waals surface area contributed by atoms with E-state index >= 15 is 0 Å². The van der Waals surface area contributed by atoms with Gasteiger partial charge in [0, 0.05) is 24.3 Å². The largest absolute Gasteiger partial charge is 0.493 e. The van der Waals surface area contributed by atoms with Crippen LogP contribution in [0, 0.1) is 0 Å². The van der Waals surface area contributed by atoms with Crippen LogP contribution in [0.15, 0.2) is 49.1 Å². The zero-order valence-electron chi connectivity index (χ0n) is 15.6. The maximum Gasteiger partial charge on any atom is 0.222 e. The van der Waals surface area contributed by atoms with Crippen molar-refractivity contribution in [3.63, 3.8) is 0 Å². The van der Waals surface area contributed by atoms with Crippen LogP contribution in [-0.2, 0) is 6.54 Å². The minimum atomic E-state index is 0.144. The van der Waals surface area contributed by atoms with Gasteiger partial charge < -0.3 is 25.5 Å². The first kappa shape index (κ1) is 17.6. The molecular formula is C20H20N6O2. The van der Waals surface area contributed by atoms with Crippen molar-refractivity contribution in [3.05, 3.63) is 54.6 Å². The van der Waals surface area contributed by atoms with E-state index < -0.39 is 0 Å². The van der Waals surface area contributed by atoms with Gasteiger partial charge in [0.05, 0.1) is 26.1 Å². The van der Waals surface area contributed by atoms with E-state index in [0.717, 1.165) is 22.1 Å². The van der Waals surface area contributed by atoms with Crippen LogP contribution in [0.5, 0.6) is 11.5 Å². The number of hydrogen-bond donors (Lipinski definition) is 2. The van der Waals surface area contributed by atoms with Crippen molar-refractivity contribution in [1.29, 1.82) is 0 Å². The topological polar surface area (TPSA) is 114 Å². The molecular weight excluding hydrogens is 356 g/mol. The number of imidazole rings is 1. The molecule has 0 aliphatic rings. The molecule has 0 bridgehead atoms. The minimum absolute atomic E-state index is 0.144. The van der Waals surface area contributed by atoms with E-state index in [9.17, 15) is 0 Å². The summed E-state index contributed by atoms with van der Waals surface area (Å²) >= 11 is 0. The second kappa shape index (κ2) is 7.07. The SMILES string of the molecule is COc1ccc(-c2cc3nc(N)nc(N)c3cc2Cn2ccnc2)cc1OC. The number of benzene rings is 2. The van der Waals surface area contributed by atoms with Gasteiger partial charge in [0.15, 0.2) is 11.5 Å². The molecule has 2 heterocycles. The molecule has 142 valence electrons. The number of nitrogen functional groups attached to an aromatic ring is 2. The van der Waals surface area contributed by atoms with Crippen LogP contribution in [0.25, 0.3) is 22.0 Å². The smallest absolute Gasteiger partial charge is 0.222 e. The normalized spacial score (nSPS) is 10.9. The van der Waals surface area contributed by atoms with Gasteiger partial charge in [-0.25, -0.2) is 9.97 Å². The number of fused-ring (bicyclic) bond motifs is 1. The molecule has 4 N–H and O–H groups in total. The summed E-state index contributed by atoms with van der Waals surface area (Å²) in [5.74, 6) is 1.81. The number of nitrogens with two attached hydrogens (primary N) is 2. The number of hydrogen-bond acceptors (Lipinski definition) is 7. The summed E-state index contributed by atoms with van der Waals surface area (Å²) in [5, 5.41) is 0.758. The van der Waals surface area contributed by atoms with E-state index in [1.54, 1.807) is 26.7 Å². The molecule has 2 aromatic heterocycles. The lowest BCUT2D eigenvalue weighted by Gasteiger charge is -2.15. The molecule has 4 aromatic rings. The highest BCUT2D eigenvalue weighted by Crippen LogP contribution is 2.36. The second-order valence-corrected chi connectivity index (χ2v) is 6.30. The molecule has 0 atom stereocenters. The van der Waals surface area contributed by atoms with Crippen LogP contribution in [0.4, 0.5) is 11.8 Å². The fourth-order valence-electron chi connectivity index (χ4n) is 3.24. The summed E-state index contributed by atoms with van der Waals surface area (Å²) < 4.78 is 12.8. The molecule has 0 aliphatic heterocycles. The van der Waals surface area contributed by atoms with Crippen molar-refractivity contribution in [1.82, 2.24) is 19.5 Å². The van der Waals surface area contributed by atoms with E-state index in [2.05, 4.69) is 15.0 Å². The van der Waals surface area contributed by atoms with Gasteiger partial charge in [0.2, 0.25) is 5.95 Å². The number of rotatable bonds is 5. The van der Waals surface area contributed by atoms with Crippen molar-refractivity contribution < 1.29 is 9.47 Å². The maximum absolute atomic E-state index is 6.08. The van der Waals surface area contributed by atoms with Crippen LogP contribution < -0.4 is 20.9 Å². The molecule has 8 nitrogen and oxygen atoms in total. The highest BCUT2D eigenvalue weighted by molar-refractivity contribution is 5.93. The Morgan fingerprint density at radius 3 is 2.54 bits per heavy atom. The predicted octanol–water partition coefficient (Wildman–Crippen LogP) is 2.72. The molecule has 0 saturated heterocycles. The van der Waals surface area contributed by atoms with Crippen LogP contribution in [0.2, 0.25) is 0 Å². The maximum atomic E-state index is 6.08. The Kier molecular flexibility index (Phi) is 4.44. The van der Waals surface area contributed by atoms with Crippen LogP contribution in [0.3, 0.4) is 0 Å². The van der Waals surface area contributed by atoms with Crippen molar-refractivity contribution >= 4 is 22.7 Å². The highest BCUT2D eigenvalue weighted by Gasteiger charge is 2.14. The van der Waals surface area contributed by atoms with Crippen molar-refractivity contribution in [2.75, 3.05) is 25.7 Å². The summed E-state index contributed by atoms with van der Waals surface area (Å²) in [5.41, 5.74) is 15.6. The fraction of sp³-hybridized carbons (Fsp3) is 0.150. The standard InChI is InChI=1S/C20H20N6O2/c1-27-17-4-3-12(8-18(17)28-2)14-9-16-15(19(21)25-20(22)24-16)7-13(14)10-26-6-5-23-11-26/h3-9,11H,10H2,1-2H3,(H4,21,22,24,25). The molecule has 0 amide bonds. The third-order valence-electron chi connectivity index (χ3n) is 4.57. The van der Waals surface area contributed by atoms with Gasteiger partial charge in [-0.3, -0.25) is 0 Å². The summed E-state index contributed by atoms with van der Waals surface area (Å²) in [6, 6.07) is 9.76. The first-order valence-electron chi connectivity index (χ1n) is 8.63. The third-order valence-corrected chi connectivity index (χ3v) is 4.57. The van der Waals surface area contributed by atoms with Gasteiger partial charge >= 0.3 is 0 Å². The Balaban J connectivity index is 1.94. The average molecular weight is 376 g/mol. The van der Waals surface area contributed by atoms with Gasteiger partial charge in [-0.1, -0.05) is 6.07 Å². The molecule has 0 saturated carbocycles. The highest BCUT2D eigenvalue weighted by atomic mass is 16.5. The number of methoxy groups -OCH3 is 2. The minimum Gasteiger partial charge on any atom is -0.493 e. The lowest BCUT2D eigenvalue weighted by atomic mass is 9.97. The number of anilines is 2.